The number of thioether (sulfide) groups is 1. The molecule has 0 radical (unpaired) electrons. The summed E-state index contributed by atoms with van der Waals surface area (Å²) in [5.41, 5.74) is 7.57. The van der Waals surface area contributed by atoms with E-state index in [9.17, 15) is 10.1 Å². The Morgan fingerprint density at radius 3 is 2.43 bits per heavy atom. The van der Waals surface area contributed by atoms with E-state index in [1.54, 1.807) is 19.1 Å². The van der Waals surface area contributed by atoms with Gasteiger partial charge in [0.1, 0.15) is 17.6 Å². The zero-order valence-electron chi connectivity index (χ0n) is 25.7. The molecular weight excluding hydrogens is 628 g/mol. The molecule has 0 spiro atoms. The summed E-state index contributed by atoms with van der Waals surface area (Å²) in [5.74, 6) is -3.95. The van der Waals surface area contributed by atoms with Crippen LogP contribution in [-0.2, 0) is 16.1 Å². The number of likely N-dealkylation sites (N-methyl/N-ethyl adjacent to an activating group) is 1. The zero-order valence-corrected chi connectivity index (χ0v) is 26.6. The number of ether oxygens (including phenoxy) is 4. The summed E-state index contributed by atoms with van der Waals surface area (Å²) in [6.45, 7) is 3.08. The molecule has 0 aliphatic carbocycles. The summed E-state index contributed by atoms with van der Waals surface area (Å²) >= 11 is 0.535. The van der Waals surface area contributed by atoms with E-state index in [0.29, 0.717) is 17.3 Å². The standard InChI is InChI=1S/C34H33F2N5O5S/c1-3-43-34(42)27(19-38)47-30-28(35)32(45-24-12-8-7-11-23(24)31-39-15-16-41(31)2)40-33(29(30)36)46-26-17-22(18-37)13-14-25(26)44-20-21-9-5-4-6-10-21/h4-14,17,27,31,39H,3,15-16,19-20,38H2,1-2H3. The van der Waals surface area contributed by atoms with Gasteiger partial charge in [-0.2, -0.15) is 19.0 Å². The lowest BCUT2D eigenvalue weighted by molar-refractivity contribution is -0.142. The second kappa shape index (κ2) is 15.7. The smallest absolute Gasteiger partial charge is 0.320 e. The molecule has 2 unspecified atom stereocenters. The van der Waals surface area contributed by atoms with Crippen LogP contribution in [0.3, 0.4) is 0 Å². The summed E-state index contributed by atoms with van der Waals surface area (Å²) in [6, 6.07) is 22.8. The number of nitrogens with zero attached hydrogens (tertiary/aromatic N) is 3. The van der Waals surface area contributed by atoms with Crippen LogP contribution in [0.5, 0.6) is 29.0 Å². The van der Waals surface area contributed by atoms with Crippen molar-refractivity contribution in [3.8, 4) is 35.1 Å². The Morgan fingerprint density at radius 2 is 1.77 bits per heavy atom. The third-order valence-corrected chi connectivity index (χ3v) is 8.44. The van der Waals surface area contributed by atoms with Crippen molar-refractivity contribution in [2.45, 2.75) is 29.8 Å². The molecule has 1 fully saturated rings. The van der Waals surface area contributed by atoms with Crippen molar-refractivity contribution in [2.24, 2.45) is 5.73 Å². The molecule has 0 bridgehead atoms. The predicted octanol–water partition coefficient (Wildman–Crippen LogP) is 5.91. The number of aromatic nitrogens is 1. The van der Waals surface area contributed by atoms with Gasteiger partial charge in [-0.15, -0.1) is 11.8 Å². The Balaban J connectivity index is 1.57. The Labute approximate surface area is 275 Å². The second-order valence-corrected chi connectivity index (χ2v) is 11.6. The van der Waals surface area contributed by atoms with Gasteiger partial charge in [0.15, 0.2) is 11.5 Å². The normalized spacial score (nSPS) is 15.1. The summed E-state index contributed by atoms with van der Waals surface area (Å²) in [4.78, 5) is 18.1. The van der Waals surface area contributed by atoms with Crippen molar-refractivity contribution in [2.75, 3.05) is 33.3 Å². The molecule has 244 valence electrons. The fourth-order valence-electron chi connectivity index (χ4n) is 4.82. The zero-order chi connectivity index (χ0) is 33.3. The molecule has 0 saturated carbocycles. The van der Waals surface area contributed by atoms with Crippen molar-refractivity contribution < 1.29 is 32.5 Å². The highest BCUT2D eigenvalue weighted by atomic mass is 32.2. The second-order valence-electron chi connectivity index (χ2n) is 10.4. The molecule has 1 aromatic heterocycles. The fraction of sp³-hybridized carbons (Fsp3) is 0.265. The van der Waals surface area contributed by atoms with Crippen molar-refractivity contribution in [1.82, 2.24) is 15.2 Å². The van der Waals surface area contributed by atoms with Gasteiger partial charge >= 0.3 is 5.97 Å². The number of hydrogen-bond donors (Lipinski definition) is 2. The molecule has 0 amide bonds. The molecule has 10 nitrogen and oxygen atoms in total. The number of para-hydroxylation sites is 1. The number of halogens is 2. The van der Waals surface area contributed by atoms with Gasteiger partial charge in [-0.25, -0.2) is 0 Å². The van der Waals surface area contributed by atoms with E-state index < -0.39 is 39.5 Å². The first-order valence-corrected chi connectivity index (χ1v) is 15.7. The number of carbonyl (C=O) groups is 1. The molecule has 3 aromatic carbocycles. The summed E-state index contributed by atoms with van der Waals surface area (Å²) in [7, 11) is 1.94. The third kappa shape index (κ3) is 7.98. The number of nitrogens with two attached hydrogens (primary N) is 1. The van der Waals surface area contributed by atoms with Gasteiger partial charge in [0.05, 0.1) is 29.3 Å². The van der Waals surface area contributed by atoms with E-state index in [2.05, 4.69) is 15.2 Å². The first-order valence-electron chi connectivity index (χ1n) is 14.8. The van der Waals surface area contributed by atoms with Crippen molar-refractivity contribution in [1.29, 1.82) is 5.26 Å². The molecule has 13 heteroatoms. The van der Waals surface area contributed by atoms with Crippen LogP contribution in [0.1, 0.15) is 29.8 Å². The quantitative estimate of drug-likeness (QED) is 0.131. The maximum Gasteiger partial charge on any atom is 0.320 e. The number of pyridine rings is 1. The fourth-order valence-corrected chi connectivity index (χ4v) is 5.75. The van der Waals surface area contributed by atoms with Crippen molar-refractivity contribution >= 4 is 17.7 Å². The predicted molar refractivity (Wildman–Crippen MR) is 171 cm³/mol. The molecule has 3 N–H and O–H groups in total. The van der Waals surface area contributed by atoms with E-state index in [1.165, 1.54) is 18.2 Å². The SMILES string of the molecule is CCOC(=O)C(CN)Sc1c(F)c(Oc2cc(C#N)ccc2OCc2ccccc2)nc(Oc2ccccc2C2NCCN2C)c1F. The number of benzene rings is 3. The van der Waals surface area contributed by atoms with Gasteiger partial charge in [-0.3, -0.25) is 15.0 Å². The molecule has 2 atom stereocenters. The van der Waals surface area contributed by atoms with E-state index in [-0.39, 0.29) is 48.7 Å². The topological polar surface area (TPSA) is 132 Å². The minimum absolute atomic E-state index is 0.0437. The van der Waals surface area contributed by atoms with E-state index >= 15 is 8.78 Å². The highest BCUT2D eigenvalue weighted by Crippen LogP contribution is 2.42. The third-order valence-electron chi connectivity index (χ3n) is 7.18. The van der Waals surface area contributed by atoms with Gasteiger partial charge in [0.25, 0.3) is 11.8 Å². The Kier molecular flexibility index (Phi) is 11.2. The van der Waals surface area contributed by atoms with Gasteiger partial charge < -0.3 is 24.7 Å². The van der Waals surface area contributed by atoms with E-state index in [1.807, 2.05) is 55.6 Å². The molecule has 1 saturated heterocycles. The van der Waals surface area contributed by atoms with Crippen molar-refractivity contribution in [3.63, 3.8) is 0 Å². The van der Waals surface area contributed by atoms with Crippen LogP contribution in [0.25, 0.3) is 0 Å². The molecule has 1 aliphatic heterocycles. The highest BCUT2D eigenvalue weighted by Gasteiger charge is 2.31. The van der Waals surface area contributed by atoms with Crippen LogP contribution in [-0.4, -0.2) is 54.4 Å². The Bertz CT molecular complexity index is 1760. The van der Waals surface area contributed by atoms with E-state index in [0.717, 1.165) is 18.7 Å². The number of nitriles is 1. The minimum Gasteiger partial charge on any atom is -0.485 e. The van der Waals surface area contributed by atoms with Crippen LogP contribution in [0, 0.1) is 23.0 Å². The average molecular weight is 662 g/mol. The number of nitrogens with one attached hydrogen (secondary N) is 1. The maximum absolute atomic E-state index is 16.2. The van der Waals surface area contributed by atoms with Crippen LogP contribution < -0.4 is 25.3 Å². The lowest BCUT2D eigenvalue weighted by Gasteiger charge is -2.22. The summed E-state index contributed by atoms with van der Waals surface area (Å²) < 4.78 is 55.4. The van der Waals surface area contributed by atoms with Crippen LogP contribution in [0.4, 0.5) is 8.78 Å². The summed E-state index contributed by atoms with van der Waals surface area (Å²) in [6.07, 6.45) is -0.220. The molecule has 2 heterocycles. The molecule has 5 rings (SSSR count). The molecular formula is C34H33F2N5O5S. The van der Waals surface area contributed by atoms with E-state index in [4.69, 9.17) is 24.7 Å². The number of esters is 1. The molecule has 47 heavy (non-hydrogen) atoms. The first kappa shape index (κ1) is 33.6. The van der Waals surface area contributed by atoms with Gasteiger partial charge in [-0.05, 0) is 37.7 Å². The molecule has 1 aliphatic rings. The van der Waals surface area contributed by atoms with Gasteiger partial charge in [-0.1, -0.05) is 48.5 Å². The maximum atomic E-state index is 16.2. The van der Waals surface area contributed by atoms with Crippen LogP contribution >= 0.6 is 11.8 Å². The lowest BCUT2D eigenvalue weighted by Crippen LogP contribution is -2.28. The van der Waals surface area contributed by atoms with Crippen LogP contribution in [0.2, 0.25) is 0 Å². The summed E-state index contributed by atoms with van der Waals surface area (Å²) in [5, 5.41) is 11.8. The molecule has 4 aromatic rings. The number of hydrogen-bond acceptors (Lipinski definition) is 11. The lowest BCUT2D eigenvalue weighted by atomic mass is 10.1. The Hall–Kier alpha value is -4.74. The largest absolute Gasteiger partial charge is 0.485 e. The average Bonchev–Trinajstić information content (AvgIpc) is 3.52. The highest BCUT2D eigenvalue weighted by molar-refractivity contribution is 8.00. The van der Waals surface area contributed by atoms with Gasteiger partial charge in [0, 0.05) is 31.3 Å². The number of carbonyl (C=O) groups excluding carboxylic acids is 1. The van der Waals surface area contributed by atoms with Gasteiger partial charge in [0.2, 0.25) is 11.6 Å². The first-order chi connectivity index (χ1) is 22.8. The monoisotopic (exact) mass is 661 g/mol. The Morgan fingerprint density at radius 1 is 1.06 bits per heavy atom. The number of rotatable bonds is 13. The van der Waals surface area contributed by atoms with Crippen LogP contribution in [0.15, 0.2) is 77.7 Å². The van der Waals surface area contributed by atoms with Crippen molar-refractivity contribution in [3.05, 3.63) is 101 Å². The minimum atomic E-state index is -1.20.